The zero-order valence-electron chi connectivity index (χ0n) is 17.2. The van der Waals surface area contributed by atoms with Crippen LogP contribution in [0.25, 0.3) is 32.6 Å². The Morgan fingerprint density at radius 1 is 1.13 bits per heavy atom. The third-order valence-electron chi connectivity index (χ3n) is 6.68. The molecule has 0 radical (unpaired) electrons. The second-order valence-corrected chi connectivity index (χ2v) is 9.42. The molecule has 2 fully saturated rings. The number of ether oxygens (including phenoxy) is 1. The topological polar surface area (TPSA) is 99.7 Å². The number of hydrogen-bond acceptors (Lipinski definition) is 8. The summed E-state index contributed by atoms with van der Waals surface area (Å²) in [5.41, 5.74) is 13.6. The molecule has 7 nitrogen and oxygen atoms in total. The molecule has 2 unspecified atom stereocenters. The van der Waals surface area contributed by atoms with E-state index in [1.807, 2.05) is 30.6 Å². The molecular formula is C23H22N6OS. The van der Waals surface area contributed by atoms with Gasteiger partial charge in [-0.25, -0.2) is 4.98 Å². The maximum absolute atomic E-state index is 6.31. The van der Waals surface area contributed by atoms with Crippen LogP contribution in [0.15, 0.2) is 42.0 Å². The third kappa shape index (κ3) is 3.01. The molecule has 0 bridgehead atoms. The average Bonchev–Trinajstić information content (AvgIpc) is 3.38. The summed E-state index contributed by atoms with van der Waals surface area (Å²) in [5.74, 6) is 1.03. The van der Waals surface area contributed by atoms with E-state index in [1.165, 1.54) is 6.42 Å². The zero-order valence-corrected chi connectivity index (χ0v) is 18.0. The Kier molecular flexibility index (Phi) is 4.26. The van der Waals surface area contributed by atoms with Gasteiger partial charge in [-0.2, -0.15) is 10.2 Å². The van der Waals surface area contributed by atoms with Crippen LogP contribution in [0.2, 0.25) is 0 Å². The molecule has 0 saturated heterocycles. The number of aryl methyl sites for hydroxylation is 1. The lowest BCUT2D eigenvalue weighted by Crippen LogP contribution is -2.61. The van der Waals surface area contributed by atoms with Crippen molar-refractivity contribution in [2.45, 2.75) is 44.2 Å². The van der Waals surface area contributed by atoms with Crippen LogP contribution in [0.1, 0.15) is 31.4 Å². The second kappa shape index (κ2) is 7.03. The van der Waals surface area contributed by atoms with E-state index in [1.54, 1.807) is 17.5 Å². The van der Waals surface area contributed by atoms with Crippen LogP contribution in [0.3, 0.4) is 0 Å². The number of aromatic nitrogens is 5. The fourth-order valence-electron chi connectivity index (χ4n) is 5.21. The minimum atomic E-state index is -0.126. The van der Waals surface area contributed by atoms with Crippen LogP contribution in [0.5, 0.6) is 5.88 Å². The molecule has 4 aromatic rings. The van der Waals surface area contributed by atoms with Gasteiger partial charge in [0.25, 0.3) is 0 Å². The quantitative estimate of drug-likeness (QED) is 0.519. The van der Waals surface area contributed by atoms with Crippen molar-refractivity contribution in [3.63, 3.8) is 0 Å². The van der Waals surface area contributed by atoms with Crippen LogP contribution in [-0.2, 0) is 0 Å². The molecule has 2 saturated carbocycles. The van der Waals surface area contributed by atoms with E-state index in [-0.39, 0.29) is 11.6 Å². The first kappa shape index (κ1) is 18.8. The van der Waals surface area contributed by atoms with Crippen molar-refractivity contribution >= 4 is 21.6 Å². The number of hydrogen-bond donors (Lipinski definition) is 1. The van der Waals surface area contributed by atoms with E-state index in [0.717, 1.165) is 57.6 Å². The Labute approximate surface area is 183 Å². The van der Waals surface area contributed by atoms with Crippen molar-refractivity contribution in [2.24, 2.45) is 11.7 Å². The summed E-state index contributed by atoms with van der Waals surface area (Å²) in [6.07, 6.45) is 6.06. The predicted octanol–water partition coefficient (Wildman–Crippen LogP) is 4.17. The maximum atomic E-state index is 6.31. The Bertz CT molecular complexity index is 1270. The molecule has 8 heteroatoms. The summed E-state index contributed by atoms with van der Waals surface area (Å²) in [4.78, 5) is 4.61. The first-order valence-electron chi connectivity index (χ1n) is 10.6. The minimum absolute atomic E-state index is 0.126. The fourth-order valence-corrected chi connectivity index (χ4v) is 6.05. The number of nitrogens with two attached hydrogens (primary N) is 1. The highest BCUT2D eigenvalue weighted by Gasteiger charge is 2.57. The zero-order chi connectivity index (χ0) is 21.0. The van der Waals surface area contributed by atoms with Gasteiger partial charge in [-0.1, -0.05) is 12.1 Å². The second-order valence-electron chi connectivity index (χ2n) is 8.57. The normalized spacial score (nSPS) is 24.7. The summed E-state index contributed by atoms with van der Waals surface area (Å²) in [6.45, 7) is 1.94. The van der Waals surface area contributed by atoms with Gasteiger partial charge in [0.05, 0.1) is 33.3 Å². The Morgan fingerprint density at radius 3 is 2.84 bits per heavy atom. The van der Waals surface area contributed by atoms with Crippen molar-refractivity contribution in [1.29, 1.82) is 0 Å². The van der Waals surface area contributed by atoms with E-state index in [2.05, 4.69) is 37.5 Å². The van der Waals surface area contributed by atoms with Gasteiger partial charge in [0.1, 0.15) is 5.60 Å². The molecule has 156 valence electrons. The molecule has 3 aromatic heterocycles. The van der Waals surface area contributed by atoms with Gasteiger partial charge in [0, 0.05) is 41.1 Å². The first-order chi connectivity index (χ1) is 15.1. The van der Waals surface area contributed by atoms with Crippen molar-refractivity contribution < 1.29 is 4.74 Å². The Hall–Kier alpha value is -2.97. The van der Waals surface area contributed by atoms with Gasteiger partial charge in [0.15, 0.2) is 0 Å². The molecule has 1 aromatic carbocycles. The van der Waals surface area contributed by atoms with E-state index >= 15 is 0 Å². The molecule has 2 aliphatic carbocycles. The Morgan fingerprint density at radius 2 is 2.03 bits per heavy atom. The van der Waals surface area contributed by atoms with Crippen molar-refractivity contribution in [3.05, 3.63) is 47.7 Å². The van der Waals surface area contributed by atoms with Gasteiger partial charge >= 0.3 is 0 Å². The number of benzene rings is 1. The van der Waals surface area contributed by atoms with Crippen LogP contribution in [-0.4, -0.2) is 37.0 Å². The number of nitrogens with zero attached hydrogens (tertiary/aromatic N) is 5. The molecule has 0 aliphatic heterocycles. The highest BCUT2D eigenvalue weighted by atomic mass is 32.1. The third-order valence-corrected chi connectivity index (χ3v) is 7.54. The van der Waals surface area contributed by atoms with Crippen LogP contribution >= 0.6 is 11.3 Å². The number of thiazole rings is 1. The Balaban J connectivity index is 1.32. The molecule has 6 rings (SSSR count). The van der Waals surface area contributed by atoms with E-state index < -0.39 is 0 Å². The standard InChI is InChI=1S/C23H22N6OS/c1-13-9-14(11-26-27-13)15-4-5-16(22-21(15)25-12-31-22)19-6-7-20(29-28-19)30-23-8-2-3-17(23)18(24)10-23/h4-7,9,11-12,17-18H,2-3,8,10,24H2,1H3/t17?,18?,23-/m0/s1. The first-order valence-corrected chi connectivity index (χ1v) is 11.5. The molecule has 2 aliphatic rings. The largest absolute Gasteiger partial charge is 0.470 e. The SMILES string of the molecule is Cc1cc(-c2ccc(-c3ccc(O[C@]45CCCC4C(N)C5)nn3)c3scnc23)cnn1. The average molecular weight is 431 g/mol. The monoisotopic (exact) mass is 430 g/mol. The van der Waals surface area contributed by atoms with E-state index in [9.17, 15) is 0 Å². The van der Waals surface area contributed by atoms with Gasteiger partial charge in [-0.15, -0.1) is 21.5 Å². The summed E-state index contributed by atoms with van der Waals surface area (Å²) in [5, 5.41) is 17.0. The summed E-state index contributed by atoms with van der Waals surface area (Å²) in [7, 11) is 0. The molecule has 3 heterocycles. The molecule has 0 spiro atoms. The van der Waals surface area contributed by atoms with Crippen LogP contribution in [0, 0.1) is 12.8 Å². The van der Waals surface area contributed by atoms with Gasteiger partial charge < -0.3 is 10.5 Å². The van der Waals surface area contributed by atoms with Crippen molar-refractivity contribution in [2.75, 3.05) is 0 Å². The highest BCUT2D eigenvalue weighted by Crippen LogP contribution is 2.52. The highest BCUT2D eigenvalue weighted by molar-refractivity contribution is 7.17. The van der Waals surface area contributed by atoms with Crippen molar-refractivity contribution in [1.82, 2.24) is 25.4 Å². The molecule has 0 amide bonds. The lowest BCUT2D eigenvalue weighted by molar-refractivity contribution is -0.0667. The number of fused-ring (bicyclic) bond motifs is 2. The van der Waals surface area contributed by atoms with Gasteiger partial charge in [0.2, 0.25) is 5.88 Å². The lowest BCUT2D eigenvalue weighted by Gasteiger charge is -2.49. The van der Waals surface area contributed by atoms with Crippen LogP contribution in [0.4, 0.5) is 0 Å². The lowest BCUT2D eigenvalue weighted by atomic mass is 9.68. The van der Waals surface area contributed by atoms with Crippen molar-refractivity contribution in [3.8, 4) is 28.3 Å². The summed E-state index contributed by atoms with van der Waals surface area (Å²) < 4.78 is 7.39. The molecule has 3 atom stereocenters. The predicted molar refractivity (Wildman–Crippen MR) is 120 cm³/mol. The maximum Gasteiger partial charge on any atom is 0.233 e. The molecule has 2 N–H and O–H groups in total. The summed E-state index contributed by atoms with van der Waals surface area (Å²) in [6, 6.07) is 10.3. The smallest absolute Gasteiger partial charge is 0.233 e. The minimum Gasteiger partial charge on any atom is -0.470 e. The number of rotatable bonds is 4. The van der Waals surface area contributed by atoms with Gasteiger partial charge in [-0.05, 0) is 38.3 Å². The van der Waals surface area contributed by atoms with Crippen LogP contribution < -0.4 is 10.5 Å². The van der Waals surface area contributed by atoms with Gasteiger partial charge in [-0.3, -0.25) is 0 Å². The van der Waals surface area contributed by atoms with E-state index in [0.29, 0.717) is 11.8 Å². The molecule has 31 heavy (non-hydrogen) atoms. The fraction of sp³-hybridized carbons (Fsp3) is 0.348. The van der Waals surface area contributed by atoms with E-state index in [4.69, 9.17) is 10.5 Å². The summed E-state index contributed by atoms with van der Waals surface area (Å²) >= 11 is 1.60. The molecular weight excluding hydrogens is 408 g/mol.